The Morgan fingerprint density at radius 1 is 1.33 bits per heavy atom. The Hall–Kier alpha value is -2.21. The minimum Gasteiger partial charge on any atom is -0.396 e. The third-order valence-electron chi connectivity index (χ3n) is 4.75. The number of aromatic amines is 1. The molecule has 0 spiro atoms. The number of benzene rings is 1. The van der Waals surface area contributed by atoms with Gasteiger partial charge in [-0.25, -0.2) is 4.98 Å². The highest BCUT2D eigenvalue weighted by atomic mass is 16.3. The standard InChI is InChI=1S/C18H26N4O2/c1-4-18(5-2,9-10-23)12-19-17(24)15-8-6-7-14(11-15)16-20-13(3)21-22-16/h6-8,11,23H,4-5,9-10,12H2,1-3H3,(H,19,24)(H,20,21,22). The van der Waals surface area contributed by atoms with Crippen LogP contribution >= 0.6 is 0 Å². The van der Waals surface area contributed by atoms with E-state index in [-0.39, 0.29) is 17.9 Å². The van der Waals surface area contributed by atoms with Crippen LogP contribution < -0.4 is 5.32 Å². The molecule has 0 aliphatic carbocycles. The number of H-pyrrole nitrogens is 1. The van der Waals surface area contributed by atoms with E-state index in [1.807, 2.05) is 19.1 Å². The number of hydrogen-bond acceptors (Lipinski definition) is 4. The molecule has 0 unspecified atom stereocenters. The van der Waals surface area contributed by atoms with Gasteiger partial charge in [0.05, 0.1) is 0 Å². The number of hydrogen-bond donors (Lipinski definition) is 3. The predicted molar refractivity (Wildman–Crippen MR) is 93.6 cm³/mol. The Balaban J connectivity index is 2.10. The van der Waals surface area contributed by atoms with Gasteiger partial charge in [-0.15, -0.1) is 0 Å². The van der Waals surface area contributed by atoms with Gasteiger partial charge in [-0.3, -0.25) is 9.89 Å². The van der Waals surface area contributed by atoms with E-state index in [1.165, 1.54) is 0 Å². The number of nitrogens with zero attached hydrogens (tertiary/aromatic N) is 2. The molecule has 6 nitrogen and oxygen atoms in total. The highest BCUT2D eigenvalue weighted by Crippen LogP contribution is 2.29. The van der Waals surface area contributed by atoms with Crippen LogP contribution in [0.4, 0.5) is 0 Å². The maximum Gasteiger partial charge on any atom is 0.251 e. The van der Waals surface area contributed by atoms with Crippen molar-refractivity contribution >= 4 is 5.91 Å². The van der Waals surface area contributed by atoms with Crippen molar-refractivity contribution in [2.45, 2.75) is 40.0 Å². The molecule has 0 aliphatic heterocycles. The van der Waals surface area contributed by atoms with Crippen molar-refractivity contribution in [1.29, 1.82) is 0 Å². The van der Waals surface area contributed by atoms with Gasteiger partial charge in [0, 0.05) is 24.3 Å². The summed E-state index contributed by atoms with van der Waals surface area (Å²) in [5.41, 5.74) is 1.34. The molecule has 0 saturated heterocycles. The Labute approximate surface area is 142 Å². The van der Waals surface area contributed by atoms with Crippen LogP contribution in [-0.4, -0.2) is 39.3 Å². The van der Waals surface area contributed by atoms with Crippen molar-refractivity contribution in [3.8, 4) is 11.4 Å². The summed E-state index contributed by atoms with van der Waals surface area (Å²) < 4.78 is 0. The highest BCUT2D eigenvalue weighted by molar-refractivity contribution is 5.95. The SMILES string of the molecule is CCC(CC)(CCO)CNC(=O)c1cccc(-c2n[nH]c(C)n2)c1. The van der Waals surface area contributed by atoms with Crippen molar-refractivity contribution in [2.75, 3.05) is 13.2 Å². The lowest BCUT2D eigenvalue weighted by Crippen LogP contribution is -2.37. The Bertz CT molecular complexity index is 677. The van der Waals surface area contributed by atoms with Gasteiger partial charge in [0.25, 0.3) is 5.91 Å². The largest absolute Gasteiger partial charge is 0.396 e. The fraction of sp³-hybridized carbons (Fsp3) is 0.500. The maximum absolute atomic E-state index is 12.5. The molecule has 6 heteroatoms. The first-order valence-corrected chi connectivity index (χ1v) is 8.42. The number of rotatable bonds is 8. The number of carbonyl (C=O) groups is 1. The van der Waals surface area contributed by atoms with Crippen molar-refractivity contribution < 1.29 is 9.90 Å². The van der Waals surface area contributed by atoms with Gasteiger partial charge in [0.2, 0.25) is 0 Å². The lowest BCUT2D eigenvalue weighted by Gasteiger charge is -2.31. The molecule has 130 valence electrons. The summed E-state index contributed by atoms with van der Waals surface area (Å²) in [5.74, 6) is 1.20. The number of aliphatic hydroxyl groups is 1. The molecule has 1 amide bonds. The van der Waals surface area contributed by atoms with Gasteiger partial charge in [0.1, 0.15) is 5.82 Å². The fourth-order valence-corrected chi connectivity index (χ4v) is 2.82. The van der Waals surface area contributed by atoms with E-state index in [4.69, 9.17) is 0 Å². The van der Waals surface area contributed by atoms with Crippen molar-refractivity contribution in [3.05, 3.63) is 35.7 Å². The van der Waals surface area contributed by atoms with Crippen LogP contribution in [0.3, 0.4) is 0 Å². The van der Waals surface area contributed by atoms with Crippen LogP contribution in [0, 0.1) is 12.3 Å². The number of aryl methyl sites for hydroxylation is 1. The number of amides is 1. The quantitative estimate of drug-likeness (QED) is 0.694. The average molecular weight is 330 g/mol. The van der Waals surface area contributed by atoms with Gasteiger partial charge in [-0.2, -0.15) is 5.10 Å². The predicted octanol–water partition coefficient (Wildman–Crippen LogP) is 2.70. The number of aliphatic hydroxyl groups excluding tert-OH is 1. The lowest BCUT2D eigenvalue weighted by molar-refractivity contribution is 0.0907. The molecule has 1 aromatic heterocycles. The molecule has 0 atom stereocenters. The Kier molecular flexibility index (Phi) is 6.09. The summed E-state index contributed by atoms with van der Waals surface area (Å²) in [5, 5.41) is 19.2. The summed E-state index contributed by atoms with van der Waals surface area (Å²) in [7, 11) is 0. The first-order chi connectivity index (χ1) is 11.5. The summed E-state index contributed by atoms with van der Waals surface area (Å²) in [4.78, 5) is 16.8. The van der Waals surface area contributed by atoms with E-state index in [0.717, 1.165) is 24.2 Å². The van der Waals surface area contributed by atoms with Gasteiger partial charge >= 0.3 is 0 Å². The third kappa shape index (κ3) is 4.20. The van der Waals surface area contributed by atoms with Crippen molar-refractivity contribution in [2.24, 2.45) is 5.41 Å². The van der Waals surface area contributed by atoms with E-state index < -0.39 is 0 Å². The summed E-state index contributed by atoms with van der Waals surface area (Å²) >= 11 is 0. The minimum atomic E-state index is -0.117. The summed E-state index contributed by atoms with van der Waals surface area (Å²) in [6.45, 7) is 6.72. The van der Waals surface area contributed by atoms with E-state index in [9.17, 15) is 9.90 Å². The zero-order valence-electron chi connectivity index (χ0n) is 14.6. The van der Waals surface area contributed by atoms with E-state index >= 15 is 0 Å². The van der Waals surface area contributed by atoms with Crippen LogP contribution in [0.5, 0.6) is 0 Å². The van der Waals surface area contributed by atoms with Gasteiger partial charge in [-0.1, -0.05) is 26.0 Å². The second-order valence-corrected chi connectivity index (χ2v) is 6.19. The number of carbonyl (C=O) groups excluding carboxylic acids is 1. The second kappa shape index (κ2) is 8.06. The van der Waals surface area contributed by atoms with E-state index in [2.05, 4.69) is 34.3 Å². The van der Waals surface area contributed by atoms with Gasteiger partial charge in [-0.05, 0) is 43.7 Å². The molecule has 2 rings (SSSR count). The molecule has 2 aromatic rings. The van der Waals surface area contributed by atoms with Crippen LogP contribution in [0.25, 0.3) is 11.4 Å². The van der Waals surface area contributed by atoms with Crippen LogP contribution in [0.2, 0.25) is 0 Å². The summed E-state index contributed by atoms with van der Waals surface area (Å²) in [6, 6.07) is 7.29. The minimum absolute atomic E-state index is 0.0527. The summed E-state index contributed by atoms with van der Waals surface area (Å²) in [6.07, 6.45) is 2.53. The smallest absolute Gasteiger partial charge is 0.251 e. The topological polar surface area (TPSA) is 90.9 Å². The Morgan fingerprint density at radius 2 is 2.08 bits per heavy atom. The molecule has 24 heavy (non-hydrogen) atoms. The maximum atomic E-state index is 12.5. The van der Waals surface area contributed by atoms with Crippen LogP contribution in [0.1, 0.15) is 49.3 Å². The molecule has 0 fully saturated rings. The number of nitrogens with one attached hydrogen (secondary N) is 2. The first-order valence-electron chi connectivity index (χ1n) is 8.42. The zero-order valence-corrected chi connectivity index (χ0v) is 14.6. The average Bonchev–Trinajstić information content (AvgIpc) is 3.05. The van der Waals surface area contributed by atoms with Crippen LogP contribution in [-0.2, 0) is 0 Å². The molecule has 0 aliphatic rings. The van der Waals surface area contributed by atoms with Gasteiger partial charge in [0.15, 0.2) is 5.82 Å². The molecular formula is C18H26N4O2. The molecular weight excluding hydrogens is 304 g/mol. The molecule has 1 aromatic carbocycles. The highest BCUT2D eigenvalue weighted by Gasteiger charge is 2.26. The van der Waals surface area contributed by atoms with E-state index in [1.54, 1.807) is 12.1 Å². The number of aromatic nitrogens is 3. The second-order valence-electron chi connectivity index (χ2n) is 6.19. The molecule has 0 bridgehead atoms. The molecule has 0 saturated carbocycles. The third-order valence-corrected chi connectivity index (χ3v) is 4.75. The monoisotopic (exact) mass is 330 g/mol. The van der Waals surface area contributed by atoms with Crippen molar-refractivity contribution in [3.63, 3.8) is 0 Å². The van der Waals surface area contributed by atoms with E-state index in [0.29, 0.717) is 24.4 Å². The normalized spacial score (nSPS) is 11.5. The fourth-order valence-electron chi connectivity index (χ4n) is 2.82. The Morgan fingerprint density at radius 3 is 2.67 bits per heavy atom. The van der Waals surface area contributed by atoms with Crippen LogP contribution in [0.15, 0.2) is 24.3 Å². The first kappa shape index (κ1) is 18.1. The zero-order chi connectivity index (χ0) is 17.6. The molecule has 1 heterocycles. The molecule has 0 radical (unpaired) electrons. The molecule has 3 N–H and O–H groups in total. The van der Waals surface area contributed by atoms with Gasteiger partial charge < -0.3 is 10.4 Å². The van der Waals surface area contributed by atoms with Crippen molar-refractivity contribution in [1.82, 2.24) is 20.5 Å². The lowest BCUT2D eigenvalue weighted by atomic mass is 9.79.